The number of benzene rings is 1. The lowest BCUT2D eigenvalue weighted by molar-refractivity contribution is -0.144. The first-order valence-corrected chi connectivity index (χ1v) is 10.8. The number of hydrogen-bond donors (Lipinski definition) is 0. The summed E-state index contributed by atoms with van der Waals surface area (Å²) in [7, 11) is 0. The van der Waals surface area contributed by atoms with E-state index in [1.807, 2.05) is 33.4 Å². The van der Waals surface area contributed by atoms with Crippen LogP contribution in [0, 0.1) is 0 Å². The highest BCUT2D eigenvalue weighted by atomic mass is 32.1. The Morgan fingerprint density at radius 3 is 2.44 bits per heavy atom. The second-order valence-electron chi connectivity index (χ2n) is 7.51. The fourth-order valence-corrected chi connectivity index (χ4v) is 5.05. The van der Waals surface area contributed by atoms with E-state index in [1.54, 1.807) is 11.3 Å². The van der Waals surface area contributed by atoms with Crippen LogP contribution < -0.4 is 0 Å². The summed E-state index contributed by atoms with van der Waals surface area (Å²) in [5.74, 6) is 0.779. The largest absolute Gasteiger partial charge is 0.341 e. The van der Waals surface area contributed by atoms with Gasteiger partial charge in [0.05, 0.1) is 6.42 Å². The summed E-state index contributed by atoms with van der Waals surface area (Å²) in [6, 6.07) is 14.3. The second-order valence-corrected chi connectivity index (χ2v) is 8.54. The molecule has 4 rings (SSSR count). The van der Waals surface area contributed by atoms with E-state index in [4.69, 9.17) is 0 Å². The van der Waals surface area contributed by atoms with Crippen LogP contribution in [0.25, 0.3) is 0 Å². The van der Waals surface area contributed by atoms with Gasteiger partial charge < -0.3 is 9.80 Å². The lowest BCUT2D eigenvalue weighted by Crippen LogP contribution is -2.50. The van der Waals surface area contributed by atoms with Crippen LogP contribution in [-0.4, -0.2) is 47.3 Å². The van der Waals surface area contributed by atoms with Gasteiger partial charge in [-0.15, -0.1) is 11.3 Å². The van der Waals surface area contributed by atoms with Crippen molar-refractivity contribution in [2.45, 2.75) is 44.1 Å². The molecule has 3 heterocycles. The quantitative estimate of drug-likeness (QED) is 0.809. The molecule has 1 unspecified atom stereocenters. The third kappa shape index (κ3) is 4.08. The number of amides is 2. The normalized spacial score (nSPS) is 20.8. The highest BCUT2D eigenvalue weighted by Crippen LogP contribution is 2.29. The third-order valence-electron chi connectivity index (χ3n) is 5.84. The van der Waals surface area contributed by atoms with Gasteiger partial charge in [0.1, 0.15) is 6.04 Å². The molecule has 142 valence electrons. The lowest BCUT2D eigenvalue weighted by Gasteiger charge is -2.35. The fraction of sp³-hybridized carbons (Fsp3) is 0.455. The van der Waals surface area contributed by atoms with Gasteiger partial charge in [-0.2, -0.15) is 0 Å². The molecule has 2 aliphatic heterocycles. The van der Waals surface area contributed by atoms with Crippen molar-refractivity contribution in [3.8, 4) is 0 Å². The molecule has 5 heteroatoms. The van der Waals surface area contributed by atoms with Crippen LogP contribution in [0.5, 0.6) is 0 Å². The Hall–Kier alpha value is -2.14. The van der Waals surface area contributed by atoms with Gasteiger partial charge in [-0.05, 0) is 48.6 Å². The van der Waals surface area contributed by atoms with Gasteiger partial charge in [-0.1, -0.05) is 36.4 Å². The summed E-state index contributed by atoms with van der Waals surface area (Å²) in [6.07, 6.45) is 4.15. The molecule has 2 amide bonds. The summed E-state index contributed by atoms with van der Waals surface area (Å²) < 4.78 is 0. The van der Waals surface area contributed by atoms with Crippen LogP contribution in [0.2, 0.25) is 0 Å². The fourth-order valence-electron chi connectivity index (χ4n) is 4.35. The van der Waals surface area contributed by atoms with E-state index in [1.165, 1.54) is 5.56 Å². The number of carbonyl (C=O) groups is 2. The smallest absolute Gasteiger partial charge is 0.245 e. The highest BCUT2D eigenvalue weighted by Gasteiger charge is 2.37. The number of likely N-dealkylation sites (tertiary alicyclic amines) is 2. The first-order valence-electron chi connectivity index (χ1n) is 9.88. The Labute approximate surface area is 164 Å². The molecule has 0 spiro atoms. The predicted molar refractivity (Wildman–Crippen MR) is 108 cm³/mol. The Morgan fingerprint density at radius 1 is 0.963 bits per heavy atom. The third-order valence-corrected chi connectivity index (χ3v) is 6.72. The molecule has 2 saturated heterocycles. The predicted octanol–water partition coefficient (Wildman–Crippen LogP) is 3.69. The lowest BCUT2D eigenvalue weighted by atomic mass is 9.89. The van der Waals surface area contributed by atoms with Crippen LogP contribution in [0.1, 0.15) is 42.0 Å². The van der Waals surface area contributed by atoms with Gasteiger partial charge in [0, 0.05) is 24.5 Å². The van der Waals surface area contributed by atoms with Crippen LogP contribution in [0.3, 0.4) is 0 Å². The van der Waals surface area contributed by atoms with E-state index in [0.29, 0.717) is 18.9 Å². The summed E-state index contributed by atoms with van der Waals surface area (Å²) in [4.78, 5) is 30.7. The van der Waals surface area contributed by atoms with Crippen molar-refractivity contribution in [3.05, 3.63) is 58.3 Å². The molecule has 27 heavy (non-hydrogen) atoms. The molecule has 2 aliphatic rings. The Bertz CT molecular complexity index is 767. The summed E-state index contributed by atoms with van der Waals surface area (Å²) in [6.45, 7) is 2.30. The zero-order chi connectivity index (χ0) is 18.6. The Balaban J connectivity index is 1.35. The minimum Gasteiger partial charge on any atom is -0.341 e. The molecule has 1 aromatic carbocycles. The molecular weight excluding hydrogens is 356 g/mol. The van der Waals surface area contributed by atoms with Crippen LogP contribution >= 0.6 is 11.3 Å². The van der Waals surface area contributed by atoms with Crippen LogP contribution in [0.15, 0.2) is 47.8 Å². The van der Waals surface area contributed by atoms with Crippen molar-refractivity contribution in [2.75, 3.05) is 19.6 Å². The highest BCUT2D eigenvalue weighted by molar-refractivity contribution is 7.10. The number of rotatable bonds is 4. The monoisotopic (exact) mass is 382 g/mol. The maximum atomic E-state index is 13.1. The minimum atomic E-state index is -0.259. The zero-order valence-corrected chi connectivity index (χ0v) is 16.4. The van der Waals surface area contributed by atoms with Crippen molar-refractivity contribution in [1.82, 2.24) is 9.80 Å². The van der Waals surface area contributed by atoms with E-state index < -0.39 is 0 Å². The average molecular weight is 383 g/mol. The number of piperidine rings is 1. The summed E-state index contributed by atoms with van der Waals surface area (Å²) in [5.41, 5.74) is 1.37. The topological polar surface area (TPSA) is 40.6 Å². The molecule has 2 aromatic rings. The van der Waals surface area contributed by atoms with Gasteiger partial charge in [0.25, 0.3) is 0 Å². The Morgan fingerprint density at radius 2 is 1.74 bits per heavy atom. The number of nitrogens with zero attached hydrogens (tertiary/aromatic N) is 2. The summed E-state index contributed by atoms with van der Waals surface area (Å²) in [5, 5.41) is 1.99. The van der Waals surface area contributed by atoms with Gasteiger partial charge in [0.15, 0.2) is 0 Å². The minimum absolute atomic E-state index is 0.0903. The van der Waals surface area contributed by atoms with Crippen molar-refractivity contribution < 1.29 is 9.59 Å². The van der Waals surface area contributed by atoms with Gasteiger partial charge in [-0.3, -0.25) is 9.59 Å². The SMILES string of the molecule is O=C(C1CCCN1C(=O)Cc1cccs1)N1CCC(c2ccccc2)CC1. The Kier molecular flexibility index (Phi) is 5.58. The van der Waals surface area contributed by atoms with E-state index in [0.717, 1.165) is 43.6 Å². The van der Waals surface area contributed by atoms with Gasteiger partial charge in [-0.25, -0.2) is 0 Å². The van der Waals surface area contributed by atoms with Crippen molar-refractivity contribution in [2.24, 2.45) is 0 Å². The average Bonchev–Trinajstić information content (AvgIpc) is 3.40. The number of carbonyl (C=O) groups excluding carboxylic acids is 2. The summed E-state index contributed by atoms with van der Waals surface area (Å²) >= 11 is 1.60. The van der Waals surface area contributed by atoms with Crippen LogP contribution in [-0.2, 0) is 16.0 Å². The molecule has 0 saturated carbocycles. The van der Waals surface area contributed by atoms with Crippen molar-refractivity contribution in [1.29, 1.82) is 0 Å². The molecule has 0 N–H and O–H groups in total. The number of hydrogen-bond acceptors (Lipinski definition) is 3. The van der Waals surface area contributed by atoms with Crippen molar-refractivity contribution in [3.63, 3.8) is 0 Å². The van der Waals surface area contributed by atoms with Crippen molar-refractivity contribution >= 4 is 23.2 Å². The molecule has 4 nitrogen and oxygen atoms in total. The molecule has 0 aliphatic carbocycles. The first-order chi connectivity index (χ1) is 13.2. The van der Waals surface area contributed by atoms with E-state index in [2.05, 4.69) is 24.3 Å². The first kappa shape index (κ1) is 18.2. The van der Waals surface area contributed by atoms with Gasteiger partial charge >= 0.3 is 0 Å². The zero-order valence-electron chi connectivity index (χ0n) is 15.5. The molecule has 2 fully saturated rings. The molecule has 0 bridgehead atoms. The van der Waals surface area contributed by atoms with E-state index in [9.17, 15) is 9.59 Å². The molecular formula is C22H26N2O2S. The molecule has 1 aromatic heterocycles. The molecule has 1 atom stereocenters. The second kappa shape index (κ2) is 8.26. The van der Waals surface area contributed by atoms with E-state index in [-0.39, 0.29) is 17.9 Å². The number of thiophene rings is 1. The standard InChI is InChI=1S/C22H26N2O2S/c25-21(16-19-8-5-15-27-19)24-12-4-9-20(24)22(26)23-13-10-18(11-14-23)17-6-2-1-3-7-17/h1-3,5-8,15,18,20H,4,9-14,16H2. The maximum absolute atomic E-state index is 13.1. The van der Waals surface area contributed by atoms with E-state index >= 15 is 0 Å². The van der Waals surface area contributed by atoms with Crippen LogP contribution in [0.4, 0.5) is 0 Å². The molecule has 0 radical (unpaired) electrons. The maximum Gasteiger partial charge on any atom is 0.245 e. The van der Waals surface area contributed by atoms with Gasteiger partial charge in [0.2, 0.25) is 11.8 Å².